The van der Waals surface area contributed by atoms with E-state index in [9.17, 15) is 13.2 Å². The summed E-state index contributed by atoms with van der Waals surface area (Å²) in [4.78, 5) is 2.73. The maximum atomic E-state index is 12.5. The van der Waals surface area contributed by atoms with E-state index in [4.69, 9.17) is 5.73 Å². The van der Waals surface area contributed by atoms with Gasteiger partial charge in [0.2, 0.25) is 0 Å². The predicted molar refractivity (Wildman–Crippen MR) is 77.5 cm³/mol. The van der Waals surface area contributed by atoms with Crippen molar-refractivity contribution in [1.29, 1.82) is 0 Å². The molecule has 0 bridgehead atoms. The van der Waals surface area contributed by atoms with Crippen LogP contribution in [0.3, 0.4) is 0 Å². The van der Waals surface area contributed by atoms with Gasteiger partial charge >= 0.3 is 6.18 Å². The van der Waals surface area contributed by atoms with E-state index in [1.807, 2.05) is 25.4 Å². The van der Waals surface area contributed by atoms with Crippen LogP contribution in [0.15, 0.2) is 23.1 Å². The Labute approximate surface area is 122 Å². The summed E-state index contributed by atoms with van der Waals surface area (Å²) in [5.74, 6) is 0. The molecule has 0 radical (unpaired) electrons. The third kappa shape index (κ3) is 5.60. The van der Waals surface area contributed by atoms with Crippen molar-refractivity contribution in [3.8, 4) is 0 Å². The summed E-state index contributed by atoms with van der Waals surface area (Å²) in [6, 6.07) is 3.47. The van der Waals surface area contributed by atoms with Gasteiger partial charge in [-0.3, -0.25) is 0 Å². The SMILES string of the molecule is CN(C)CCCN(C)Sc1ccc(C(F)(F)F)cc1N. The van der Waals surface area contributed by atoms with Gasteiger partial charge in [0.1, 0.15) is 0 Å². The summed E-state index contributed by atoms with van der Waals surface area (Å²) < 4.78 is 39.6. The van der Waals surface area contributed by atoms with Crippen LogP contribution in [0, 0.1) is 0 Å². The molecule has 114 valence electrons. The molecule has 1 rings (SSSR count). The molecular weight excluding hydrogens is 287 g/mol. The molecular formula is C13H20F3N3S. The van der Waals surface area contributed by atoms with E-state index in [-0.39, 0.29) is 5.69 Å². The fraction of sp³-hybridized carbons (Fsp3) is 0.538. The normalized spacial score (nSPS) is 12.4. The quantitative estimate of drug-likeness (QED) is 0.646. The highest BCUT2D eigenvalue weighted by Crippen LogP contribution is 2.34. The summed E-state index contributed by atoms with van der Waals surface area (Å²) >= 11 is 1.36. The highest BCUT2D eigenvalue weighted by molar-refractivity contribution is 7.97. The van der Waals surface area contributed by atoms with Crippen LogP contribution in [0.4, 0.5) is 18.9 Å². The minimum absolute atomic E-state index is 0.157. The highest BCUT2D eigenvalue weighted by atomic mass is 32.2. The van der Waals surface area contributed by atoms with Crippen LogP contribution in [-0.2, 0) is 6.18 Å². The average molecular weight is 307 g/mol. The van der Waals surface area contributed by atoms with Crippen molar-refractivity contribution < 1.29 is 13.2 Å². The van der Waals surface area contributed by atoms with Gasteiger partial charge in [-0.25, -0.2) is 4.31 Å². The zero-order valence-electron chi connectivity index (χ0n) is 11.9. The number of benzene rings is 1. The minimum Gasteiger partial charge on any atom is -0.398 e. The monoisotopic (exact) mass is 307 g/mol. The first-order chi connectivity index (χ1) is 9.20. The van der Waals surface area contributed by atoms with Crippen molar-refractivity contribution in [1.82, 2.24) is 9.21 Å². The molecule has 3 nitrogen and oxygen atoms in total. The number of hydrogen-bond acceptors (Lipinski definition) is 4. The first-order valence-electron chi connectivity index (χ1n) is 6.20. The van der Waals surface area contributed by atoms with Gasteiger partial charge in [-0.05, 0) is 64.3 Å². The first-order valence-corrected chi connectivity index (χ1v) is 6.98. The fourth-order valence-electron chi connectivity index (χ4n) is 1.63. The molecule has 20 heavy (non-hydrogen) atoms. The van der Waals surface area contributed by atoms with Gasteiger partial charge < -0.3 is 10.6 Å². The van der Waals surface area contributed by atoms with Crippen molar-refractivity contribution >= 4 is 17.6 Å². The lowest BCUT2D eigenvalue weighted by atomic mass is 10.2. The van der Waals surface area contributed by atoms with E-state index in [2.05, 4.69) is 4.90 Å². The Bertz CT molecular complexity index is 435. The van der Waals surface area contributed by atoms with Crippen LogP contribution in [0.5, 0.6) is 0 Å². The Morgan fingerprint density at radius 3 is 2.30 bits per heavy atom. The van der Waals surface area contributed by atoms with Gasteiger partial charge in [-0.15, -0.1) is 0 Å². The maximum absolute atomic E-state index is 12.5. The Balaban J connectivity index is 2.60. The summed E-state index contributed by atoms with van der Waals surface area (Å²) in [6.45, 7) is 1.80. The van der Waals surface area contributed by atoms with Crippen LogP contribution >= 0.6 is 11.9 Å². The first kappa shape index (κ1) is 17.1. The van der Waals surface area contributed by atoms with Crippen molar-refractivity contribution in [2.45, 2.75) is 17.5 Å². The van der Waals surface area contributed by atoms with E-state index >= 15 is 0 Å². The molecule has 1 aromatic rings. The number of nitrogens with zero attached hydrogens (tertiary/aromatic N) is 2. The van der Waals surface area contributed by atoms with Crippen LogP contribution in [0.1, 0.15) is 12.0 Å². The standard InChI is InChI=1S/C13H20F3N3S/c1-18(2)7-4-8-19(3)20-12-6-5-10(9-11(12)17)13(14,15)16/h5-6,9H,4,7-8,17H2,1-3H3. The number of alkyl halides is 3. The Morgan fingerprint density at radius 1 is 1.15 bits per heavy atom. The van der Waals surface area contributed by atoms with Gasteiger partial charge in [0, 0.05) is 17.1 Å². The molecule has 0 saturated carbocycles. The molecule has 0 atom stereocenters. The predicted octanol–water partition coefficient (Wildman–Crippen LogP) is 3.18. The van der Waals surface area contributed by atoms with E-state index in [0.717, 1.165) is 31.6 Å². The third-order valence-electron chi connectivity index (χ3n) is 2.67. The van der Waals surface area contributed by atoms with Gasteiger partial charge in [-0.1, -0.05) is 0 Å². The number of rotatable bonds is 6. The van der Waals surface area contributed by atoms with E-state index in [0.29, 0.717) is 4.90 Å². The Morgan fingerprint density at radius 2 is 1.80 bits per heavy atom. The van der Waals surface area contributed by atoms with Crippen molar-refractivity contribution in [2.24, 2.45) is 0 Å². The van der Waals surface area contributed by atoms with Gasteiger partial charge in [0.25, 0.3) is 0 Å². The fourth-order valence-corrected chi connectivity index (χ4v) is 2.48. The summed E-state index contributed by atoms with van der Waals surface area (Å²) in [5, 5.41) is 0. The zero-order chi connectivity index (χ0) is 15.3. The van der Waals surface area contributed by atoms with E-state index in [1.54, 1.807) is 0 Å². The number of hydrogen-bond donors (Lipinski definition) is 1. The molecule has 0 aliphatic rings. The molecule has 0 spiro atoms. The lowest BCUT2D eigenvalue weighted by Crippen LogP contribution is -2.19. The van der Waals surface area contributed by atoms with Crippen LogP contribution < -0.4 is 5.73 Å². The third-order valence-corrected chi connectivity index (χ3v) is 3.73. The smallest absolute Gasteiger partial charge is 0.398 e. The van der Waals surface area contributed by atoms with Gasteiger partial charge in [0.05, 0.1) is 5.56 Å². The Kier molecular flexibility index (Phi) is 6.16. The van der Waals surface area contributed by atoms with Gasteiger partial charge in [0.15, 0.2) is 0 Å². The lowest BCUT2D eigenvalue weighted by molar-refractivity contribution is -0.137. The second-order valence-electron chi connectivity index (χ2n) is 4.85. The number of anilines is 1. The molecule has 0 aliphatic carbocycles. The van der Waals surface area contributed by atoms with Crippen LogP contribution in [0.25, 0.3) is 0 Å². The van der Waals surface area contributed by atoms with E-state index in [1.165, 1.54) is 18.0 Å². The van der Waals surface area contributed by atoms with Crippen LogP contribution in [-0.4, -0.2) is 43.4 Å². The molecule has 0 aromatic heterocycles. The number of nitrogen functional groups attached to an aromatic ring is 1. The molecule has 0 aliphatic heterocycles. The Hall–Kier alpha value is -0.920. The largest absolute Gasteiger partial charge is 0.416 e. The minimum atomic E-state index is -4.35. The molecule has 0 amide bonds. The van der Waals surface area contributed by atoms with E-state index < -0.39 is 11.7 Å². The molecule has 7 heteroatoms. The summed E-state index contributed by atoms with van der Waals surface area (Å²) in [6.07, 6.45) is -3.37. The highest BCUT2D eigenvalue weighted by Gasteiger charge is 2.30. The second-order valence-corrected chi connectivity index (χ2v) is 6.10. The molecule has 2 N–H and O–H groups in total. The summed E-state index contributed by atoms with van der Waals surface area (Å²) in [7, 11) is 5.90. The molecule has 1 aromatic carbocycles. The molecule has 0 unspecified atom stereocenters. The zero-order valence-corrected chi connectivity index (χ0v) is 12.7. The summed E-state index contributed by atoms with van der Waals surface area (Å²) in [5.41, 5.74) is 5.13. The number of nitrogens with two attached hydrogens (primary N) is 1. The van der Waals surface area contributed by atoms with Crippen molar-refractivity contribution in [3.63, 3.8) is 0 Å². The van der Waals surface area contributed by atoms with Crippen molar-refractivity contribution in [2.75, 3.05) is 40.0 Å². The van der Waals surface area contributed by atoms with Crippen LogP contribution in [0.2, 0.25) is 0 Å². The second kappa shape index (κ2) is 7.19. The molecule has 0 heterocycles. The average Bonchev–Trinajstić information content (AvgIpc) is 2.29. The maximum Gasteiger partial charge on any atom is 0.416 e. The number of halogens is 3. The topological polar surface area (TPSA) is 32.5 Å². The lowest BCUT2D eigenvalue weighted by Gasteiger charge is -2.18. The van der Waals surface area contributed by atoms with Crippen molar-refractivity contribution in [3.05, 3.63) is 23.8 Å². The molecule has 0 saturated heterocycles. The molecule has 0 fully saturated rings. The van der Waals surface area contributed by atoms with Gasteiger partial charge in [-0.2, -0.15) is 13.2 Å².